The van der Waals surface area contributed by atoms with Crippen LogP contribution in [-0.4, -0.2) is 30.6 Å². The molecule has 0 aliphatic rings. The molecular weight excluding hydrogens is 355 g/mol. The maximum atomic E-state index is 12.7. The van der Waals surface area contributed by atoms with E-state index in [1.807, 2.05) is 18.2 Å². The van der Waals surface area contributed by atoms with Crippen molar-refractivity contribution in [3.05, 3.63) is 48.7 Å². The van der Waals surface area contributed by atoms with Crippen LogP contribution in [-0.2, 0) is 10.0 Å². The number of nitrogens with one attached hydrogen (secondary N) is 2. The highest BCUT2D eigenvalue weighted by atomic mass is 32.2. The molecule has 0 aliphatic carbocycles. The van der Waals surface area contributed by atoms with Gasteiger partial charge in [-0.15, -0.1) is 0 Å². The van der Waals surface area contributed by atoms with E-state index in [0.29, 0.717) is 5.69 Å². The Bertz CT molecular complexity index is 980. The monoisotopic (exact) mass is 369 g/mol. The Morgan fingerprint density at radius 3 is 2.56 bits per heavy atom. The molecule has 0 radical (unpaired) electrons. The number of aromatic amines is 1. The van der Waals surface area contributed by atoms with E-state index in [9.17, 15) is 21.6 Å². The fourth-order valence-corrected chi connectivity index (χ4v) is 3.77. The number of aromatic nitrogens is 2. The molecular formula is C16H14F3N3O2S. The molecule has 1 aromatic carbocycles. The number of hydrogen-bond acceptors (Lipinski definition) is 3. The largest absolute Gasteiger partial charge is 0.404 e. The lowest BCUT2D eigenvalue weighted by Gasteiger charge is -2.18. The van der Waals surface area contributed by atoms with E-state index in [2.05, 4.69) is 9.97 Å². The average molecular weight is 369 g/mol. The summed E-state index contributed by atoms with van der Waals surface area (Å²) in [7, 11) is -4.41. The zero-order valence-corrected chi connectivity index (χ0v) is 13.8. The molecule has 0 fully saturated rings. The topological polar surface area (TPSA) is 74.8 Å². The number of H-pyrrole nitrogens is 1. The molecule has 132 valence electrons. The molecule has 0 unspecified atom stereocenters. The summed E-state index contributed by atoms with van der Waals surface area (Å²) >= 11 is 0. The van der Waals surface area contributed by atoms with E-state index in [1.165, 1.54) is 18.3 Å². The van der Waals surface area contributed by atoms with Crippen molar-refractivity contribution in [1.82, 2.24) is 14.7 Å². The fourth-order valence-electron chi connectivity index (χ4n) is 2.37. The van der Waals surface area contributed by atoms with Crippen LogP contribution in [0.3, 0.4) is 0 Å². The molecule has 0 aliphatic heterocycles. The Labute approximate surface area is 142 Å². The van der Waals surface area contributed by atoms with Crippen molar-refractivity contribution in [3.63, 3.8) is 0 Å². The Morgan fingerprint density at radius 2 is 1.88 bits per heavy atom. The maximum Gasteiger partial charge on any atom is 0.404 e. The van der Waals surface area contributed by atoms with Gasteiger partial charge in [-0.2, -0.15) is 17.9 Å². The lowest BCUT2D eigenvalue weighted by Crippen LogP contribution is -2.43. The summed E-state index contributed by atoms with van der Waals surface area (Å²) in [6, 6.07) is 9.33. The first-order valence-corrected chi connectivity index (χ1v) is 8.79. The smallest absolute Gasteiger partial charge is 0.353 e. The Hall–Kier alpha value is -2.39. The number of pyridine rings is 1. The van der Waals surface area contributed by atoms with Gasteiger partial charge in [-0.1, -0.05) is 18.2 Å². The minimum atomic E-state index is -4.68. The summed E-state index contributed by atoms with van der Waals surface area (Å²) in [5.74, 6) is 0. The van der Waals surface area contributed by atoms with Gasteiger partial charge in [0, 0.05) is 17.1 Å². The van der Waals surface area contributed by atoms with Gasteiger partial charge in [0.2, 0.25) is 10.0 Å². The molecule has 3 rings (SSSR count). The van der Waals surface area contributed by atoms with Crippen LogP contribution >= 0.6 is 0 Å². The van der Waals surface area contributed by atoms with Crippen LogP contribution in [0.1, 0.15) is 6.92 Å². The third-order valence-electron chi connectivity index (χ3n) is 3.67. The zero-order chi connectivity index (χ0) is 18.2. The molecule has 0 saturated carbocycles. The van der Waals surface area contributed by atoms with E-state index >= 15 is 0 Å². The van der Waals surface area contributed by atoms with Crippen LogP contribution in [0.5, 0.6) is 0 Å². The van der Waals surface area contributed by atoms with Crippen molar-refractivity contribution in [2.75, 3.05) is 0 Å². The van der Waals surface area contributed by atoms with Crippen molar-refractivity contribution in [1.29, 1.82) is 0 Å². The zero-order valence-electron chi connectivity index (χ0n) is 13.0. The molecule has 3 aromatic rings. The third kappa shape index (κ3) is 3.52. The van der Waals surface area contributed by atoms with E-state index in [1.54, 1.807) is 16.9 Å². The summed E-state index contributed by atoms with van der Waals surface area (Å²) in [5, 5.41) is 0.836. The van der Waals surface area contributed by atoms with Crippen molar-refractivity contribution < 1.29 is 21.6 Å². The Balaban J connectivity index is 2.06. The van der Waals surface area contributed by atoms with Gasteiger partial charge in [-0.3, -0.25) is 4.98 Å². The lowest BCUT2D eigenvalue weighted by molar-refractivity contribution is -0.147. The summed E-state index contributed by atoms with van der Waals surface area (Å²) in [5.41, 5.74) is 1.23. The summed E-state index contributed by atoms with van der Waals surface area (Å²) in [6.45, 7) is 0.747. The normalized spacial score (nSPS) is 13.9. The average Bonchev–Trinajstić information content (AvgIpc) is 2.97. The van der Waals surface area contributed by atoms with Crippen LogP contribution < -0.4 is 4.72 Å². The molecule has 0 saturated heterocycles. The molecule has 1 atom stereocenters. The van der Waals surface area contributed by atoms with Crippen LogP contribution in [0, 0.1) is 0 Å². The first-order chi connectivity index (χ1) is 11.7. The van der Waals surface area contributed by atoms with Gasteiger partial charge in [0.1, 0.15) is 16.6 Å². The quantitative estimate of drug-likeness (QED) is 0.740. The highest BCUT2D eigenvalue weighted by Gasteiger charge is 2.39. The summed E-state index contributed by atoms with van der Waals surface area (Å²) in [6.07, 6.45) is -3.30. The van der Waals surface area contributed by atoms with Gasteiger partial charge in [-0.05, 0) is 31.2 Å². The van der Waals surface area contributed by atoms with E-state index in [-0.39, 0.29) is 10.6 Å². The van der Waals surface area contributed by atoms with Crippen molar-refractivity contribution in [2.45, 2.75) is 24.0 Å². The second-order valence-electron chi connectivity index (χ2n) is 5.50. The van der Waals surface area contributed by atoms with Crippen molar-refractivity contribution >= 4 is 20.9 Å². The number of sulfonamides is 1. The van der Waals surface area contributed by atoms with Crippen LogP contribution in [0.4, 0.5) is 13.2 Å². The van der Waals surface area contributed by atoms with E-state index in [0.717, 1.165) is 17.8 Å². The molecule has 0 amide bonds. The summed E-state index contributed by atoms with van der Waals surface area (Å²) < 4.78 is 64.6. The maximum absolute atomic E-state index is 12.7. The number of rotatable bonds is 4. The third-order valence-corrected chi connectivity index (χ3v) is 5.24. The predicted molar refractivity (Wildman–Crippen MR) is 87.4 cm³/mol. The molecule has 5 nitrogen and oxygen atoms in total. The number of benzene rings is 1. The number of nitrogens with zero attached hydrogens (tertiary/aromatic N) is 1. The minimum absolute atomic E-state index is 0.0561. The highest BCUT2D eigenvalue weighted by Crippen LogP contribution is 2.29. The highest BCUT2D eigenvalue weighted by molar-refractivity contribution is 7.89. The number of para-hydroxylation sites is 1. The first kappa shape index (κ1) is 17.4. The predicted octanol–water partition coefficient (Wildman–Crippen LogP) is 3.46. The standard InChI is InChI=1S/C16H14F3N3O2S/c1-10(16(17,18)19)22-25(23,24)14-7-4-8-20-15(14)13-9-11-5-2-3-6-12(11)21-13/h2-10,21-22H,1H3/t10-/m0/s1. The van der Waals surface area contributed by atoms with Crippen LogP contribution in [0.25, 0.3) is 22.3 Å². The molecule has 2 aromatic heterocycles. The second-order valence-corrected chi connectivity index (χ2v) is 7.19. The number of alkyl halides is 3. The second kappa shape index (κ2) is 6.16. The number of hydrogen-bond donors (Lipinski definition) is 2. The molecule has 0 bridgehead atoms. The van der Waals surface area contributed by atoms with Gasteiger partial charge in [0.25, 0.3) is 0 Å². The van der Waals surface area contributed by atoms with Gasteiger partial charge < -0.3 is 4.98 Å². The van der Waals surface area contributed by atoms with Gasteiger partial charge in [0.15, 0.2) is 0 Å². The molecule has 25 heavy (non-hydrogen) atoms. The Kier molecular flexibility index (Phi) is 4.29. The molecule has 9 heteroatoms. The lowest BCUT2D eigenvalue weighted by atomic mass is 10.2. The molecule has 2 N–H and O–H groups in total. The Morgan fingerprint density at radius 1 is 1.16 bits per heavy atom. The van der Waals surface area contributed by atoms with Crippen LogP contribution in [0.2, 0.25) is 0 Å². The van der Waals surface area contributed by atoms with Crippen molar-refractivity contribution in [3.8, 4) is 11.4 Å². The van der Waals surface area contributed by atoms with Crippen LogP contribution in [0.15, 0.2) is 53.6 Å². The van der Waals surface area contributed by atoms with Crippen molar-refractivity contribution in [2.24, 2.45) is 0 Å². The van der Waals surface area contributed by atoms with Gasteiger partial charge in [0.05, 0.1) is 5.69 Å². The first-order valence-electron chi connectivity index (χ1n) is 7.31. The summed E-state index contributed by atoms with van der Waals surface area (Å²) in [4.78, 5) is 6.76. The molecule has 0 spiro atoms. The number of fused-ring (bicyclic) bond motifs is 1. The van der Waals surface area contributed by atoms with Gasteiger partial charge >= 0.3 is 6.18 Å². The molecule has 2 heterocycles. The minimum Gasteiger partial charge on any atom is -0.353 e. The SMILES string of the molecule is C[C@H](NS(=O)(=O)c1cccnc1-c1cc2ccccc2[nH]1)C(F)(F)F. The van der Waals surface area contributed by atoms with E-state index in [4.69, 9.17) is 0 Å². The van der Waals surface area contributed by atoms with Gasteiger partial charge in [-0.25, -0.2) is 8.42 Å². The number of halogens is 3. The fraction of sp³-hybridized carbons (Fsp3) is 0.188. The van der Waals surface area contributed by atoms with E-state index < -0.39 is 22.2 Å².